The summed E-state index contributed by atoms with van der Waals surface area (Å²) in [5, 5.41) is 9.11. The van der Waals surface area contributed by atoms with Gasteiger partial charge in [0.1, 0.15) is 0 Å². The first-order chi connectivity index (χ1) is 6.60. The number of nitrogens with two attached hydrogens (primary N) is 1. The lowest BCUT2D eigenvalue weighted by Gasteiger charge is -2.13. The van der Waals surface area contributed by atoms with Gasteiger partial charge in [-0.2, -0.15) is 0 Å². The normalized spacial score (nSPS) is 18.4. The molecule has 0 spiro atoms. The molecule has 0 aliphatic heterocycles. The molecule has 0 heterocycles. The van der Waals surface area contributed by atoms with Crippen molar-refractivity contribution in [3.63, 3.8) is 0 Å². The van der Waals surface area contributed by atoms with Crippen molar-refractivity contribution in [2.24, 2.45) is 17.6 Å². The minimum Gasteiger partial charge on any atom is -0.396 e. The van der Waals surface area contributed by atoms with Gasteiger partial charge in [0.05, 0.1) is 0 Å². The first-order valence-electron chi connectivity index (χ1n) is 5.64. The lowest BCUT2D eigenvalue weighted by molar-refractivity contribution is 0.240. The Morgan fingerprint density at radius 1 is 1.29 bits per heavy atom. The van der Waals surface area contributed by atoms with Gasteiger partial charge in [-0.1, -0.05) is 32.4 Å². The number of rotatable bonds is 7. The molecule has 0 rings (SSSR count). The Morgan fingerprint density at radius 2 is 1.93 bits per heavy atom. The zero-order valence-corrected chi connectivity index (χ0v) is 9.74. The Kier molecular flexibility index (Phi) is 7.81. The molecule has 0 saturated carbocycles. The average molecular weight is 199 g/mol. The van der Waals surface area contributed by atoms with Gasteiger partial charge in [-0.25, -0.2) is 0 Å². The minimum atomic E-state index is 0.165. The highest BCUT2D eigenvalue weighted by Gasteiger charge is 2.06. The van der Waals surface area contributed by atoms with Crippen molar-refractivity contribution in [2.45, 2.75) is 46.1 Å². The van der Waals surface area contributed by atoms with Crippen LogP contribution in [0.5, 0.6) is 0 Å². The number of hydrogen-bond acceptors (Lipinski definition) is 2. The Morgan fingerprint density at radius 3 is 2.36 bits per heavy atom. The molecule has 0 radical (unpaired) electrons. The van der Waals surface area contributed by atoms with E-state index in [9.17, 15) is 0 Å². The van der Waals surface area contributed by atoms with E-state index in [0.717, 1.165) is 6.42 Å². The summed E-state index contributed by atoms with van der Waals surface area (Å²) < 4.78 is 0. The molecule has 0 aromatic heterocycles. The Balaban J connectivity index is 3.90. The number of allylic oxidation sites excluding steroid dienone is 1. The van der Waals surface area contributed by atoms with E-state index < -0.39 is 0 Å². The molecular formula is C12H25NO. The summed E-state index contributed by atoms with van der Waals surface area (Å²) >= 11 is 0. The van der Waals surface area contributed by atoms with E-state index in [1.165, 1.54) is 12.8 Å². The van der Waals surface area contributed by atoms with E-state index >= 15 is 0 Å². The second-order valence-electron chi connectivity index (χ2n) is 4.31. The van der Waals surface area contributed by atoms with Gasteiger partial charge in [-0.3, -0.25) is 0 Å². The van der Waals surface area contributed by atoms with Gasteiger partial charge in [0, 0.05) is 18.6 Å². The van der Waals surface area contributed by atoms with Gasteiger partial charge in [0.15, 0.2) is 0 Å². The SMILES string of the molecule is CCCC(C)/C=C\C(CO)C[C@H](C)N. The van der Waals surface area contributed by atoms with Crippen LogP contribution in [0.2, 0.25) is 0 Å². The second-order valence-corrected chi connectivity index (χ2v) is 4.31. The molecule has 14 heavy (non-hydrogen) atoms. The molecule has 0 fully saturated rings. The molecule has 0 amide bonds. The van der Waals surface area contributed by atoms with E-state index in [1.54, 1.807) is 0 Å². The zero-order chi connectivity index (χ0) is 11.0. The average Bonchev–Trinajstić information content (AvgIpc) is 2.12. The van der Waals surface area contributed by atoms with Crippen molar-refractivity contribution in [1.82, 2.24) is 0 Å². The molecule has 0 aliphatic rings. The van der Waals surface area contributed by atoms with Crippen molar-refractivity contribution < 1.29 is 5.11 Å². The van der Waals surface area contributed by atoms with E-state index in [2.05, 4.69) is 26.0 Å². The van der Waals surface area contributed by atoms with Crippen molar-refractivity contribution in [2.75, 3.05) is 6.61 Å². The van der Waals surface area contributed by atoms with Gasteiger partial charge < -0.3 is 10.8 Å². The van der Waals surface area contributed by atoms with Crippen molar-refractivity contribution >= 4 is 0 Å². The quantitative estimate of drug-likeness (QED) is 0.618. The van der Waals surface area contributed by atoms with Gasteiger partial charge in [0.25, 0.3) is 0 Å². The first kappa shape index (κ1) is 13.7. The predicted molar refractivity (Wildman–Crippen MR) is 62.1 cm³/mol. The van der Waals surface area contributed by atoms with Crippen molar-refractivity contribution in [3.8, 4) is 0 Å². The van der Waals surface area contributed by atoms with Crippen molar-refractivity contribution in [3.05, 3.63) is 12.2 Å². The number of aliphatic hydroxyl groups excluding tert-OH is 1. The van der Waals surface area contributed by atoms with Gasteiger partial charge >= 0.3 is 0 Å². The van der Waals surface area contributed by atoms with Crippen LogP contribution in [0.3, 0.4) is 0 Å². The third-order valence-corrected chi connectivity index (χ3v) is 2.36. The van der Waals surface area contributed by atoms with Crippen LogP contribution >= 0.6 is 0 Å². The molecular weight excluding hydrogens is 174 g/mol. The highest BCUT2D eigenvalue weighted by atomic mass is 16.3. The van der Waals surface area contributed by atoms with Gasteiger partial charge in [0.2, 0.25) is 0 Å². The van der Waals surface area contributed by atoms with Crippen LogP contribution < -0.4 is 5.73 Å². The van der Waals surface area contributed by atoms with Crippen LogP contribution in [0.4, 0.5) is 0 Å². The largest absolute Gasteiger partial charge is 0.396 e. The molecule has 0 bridgehead atoms. The van der Waals surface area contributed by atoms with Crippen molar-refractivity contribution in [1.29, 1.82) is 0 Å². The fraction of sp³-hybridized carbons (Fsp3) is 0.833. The molecule has 3 atom stereocenters. The molecule has 2 nitrogen and oxygen atoms in total. The zero-order valence-electron chi connectivity index (χ0n) is 9.74. The summed E-state index contributed by atoms with van der Waals surface area (Å²) in [6.45, 7) is 6.58. The third kappa shape index (κ3) is 7.10. The summed E-state index contributed by atoms with van der Waals surface area (Å²) in [6.07, 6.45) is 7.61. The summed E-state index contributed by atoms with van der Waals surface area (Å²) in [4.78, 5) is 0. The number of hydrogen-bond donors (Lipinski definition) is 2. The highest BCUT2D eigenvalue weighted by molar-refractivity contribution is 4.92. The van der Waals surface area contributed by atoms with Crippen LogP contribution in [-0.4, -0.2) is 17.8 Å². The molecule has 3 N–H and O–H groups in total. The van der Waals surface area contributed by atoms with Crippen LogP contribution in [0, 0.1) is 11.8 Å². The maximum atomic E-state index is 9.11. The summed E-state index contributed by atoms with van der Waals surface area (Å²) in [5.74, 6) is 0.844. The van der Waals surface area contributed by atoms with Gasteiger partial charge in [-0.15, -0.1) is 0 Å². The standard InChI is InChI=1S/C12H25NO/c1-4-5-10(2)6-7-12(9-14)8-11(3)13/h6-7,10-12,14H,4-5,8-9,13H2,1-3H3/b7-6-/t10?,11-,12?/m0/s1. The van der Waals surface area contributed by atoms with Crippen LogP contribution in [0.15, 0.2) is 12.2 Å². The Bertz CT molecular complexity index is 154. The molecule has 0 aromatic rings. The summed E-state index contributed by atoms with van der Waals surface area (Å²) in [7, 11) is 0. The minimum absolute atomic E-state index is 0.165. The maximum absolute atomic E-state index is 9.11. The Hall–Kier alpha value is -0.340. The van der Waals surface area contributed by atoms with E-state index in [4.69, 9.17) is 10.8 Å². The van der Waals surface area contributed by atoms with Crippen LogP contribution in [0.25, 0.3) is 0 Å². The molecule has 0 saturated heterocycles. The fourth-order valence-corrected chi connectivity index (χ4v) is 1.59. The maximum Gasteiger partial charge on any atom is 0.0494 e. The van der Waals surface area contributed by atoms with Crippen LogP contribution in [0.1, 0.15) is 40.0 Å². The van der Waals surface area contributed by atoms with Gasteiger partial charge in [-0.05, 0) is 25.7 Å². The van der Waals surface area contributed by atoms with E-state index in [1.807, 2.05) is 6.92 Å². The first-order valence-corrected chi connectivity index (χ1v) is 5.64. The smallest absolute Gasteiger partial charge is 0.0494 e. The van der Waals surface area contributed by atoms with E-state index in [-0.39, 0.29) is 18.6 Å². The van der Waals surface area contributed by atoms with E-state index in [0.29, 0.717) is 5.92 Å². The molecule has 0 aliphatic carbocycles. The topological polar surface area (TPSA) is 46.2 Å². The molecule has 2 unspecified atom stereocenters. The lowest BCUT2D eigenvalue weighted by atomic mass is 9.98. The van der Waals surface area contributed by atoms with Crippen LogP contribution in [-0.2, 0) is 0 Å². The highest BCUT2D eigenvalue weighted by Crippen LogP contribution is 2.11. The third-order valence-electron chi connectivity index (χ3n) is 2.36. The second kappa shape index (κ2) is 8.01. The fourth-order valence-electron chi connectivity index (χ4n) is 1.59. The Labute approximate surface area is 88.2 Å². The lowest BCUT2D eigenvalue weighted by Crippen LogP contribution is -2.20. The monoisotopic (exact) mass is 199 g/mol. The molecule has 84 valence electrons. The molecule has 2 heteroatoms. The summed E-state index contributed by atoms with van der Waals surface area (Å²) in [5.41, 5.74) is 5.69. The molecule has 0 aromatic carbocycles. The summed E-state index contributed by atoms with van der Waals surface area (Å²) in [6, 6.07) is 0.165. The predicted octanol–water partition coefficient (Wildman–Crippen LogP) is 2.32. The number of aliphatic hydroxyl groups is 1.